The molecule has 0 saturated heterocycles. The van der Waals surface area contributed by atoms with Gasteiger partial charge in [0.05, 0.1) is 6.10 Å². The van der Waals surface area contributed by atoms with Gasteiger partial charge >= 0.3 is 0 Å². The molecule has 3 aromatic rings. The van der Waals surface area contributed by atoms with Gasteiger partial charge in [-0.25, -0.2) is 4.98 Å². The van der Waals surface area contributed by atoms with Crippen LogP contribution in [0.1, 0.15) is 31.2 Å². The zero-order valence-corrected chi connectivity index (χ0v) is 20.9. The quantitative estimate of drug-likeness (QED) is 0.244. The van der Waals surface area contributed by atoms with Gasteiger partial charge in [-0.1, -0.05) is 54.5 Å². The molecule has 1 aromatic carbocycles. The zero-order chi connectivity index (χ0) is 21.8. The number of anilines is 1. The maximum absolute atomic E-state index is 6.17. The Morgan fingerprint density at radius 3 is 2.65 bits per heavy atom. The van der Waals surface area contributed by atoms with E-state index < -0.39 is 0 Å². The summed E-state index contributed by atoms with van der Waals surface area (Å²) in [6.45, 7) is 3.45. The van der Waals surface area contributed by atoms with Gasteiger partial charge in [0.1, 0.15) is 30.9 Å². The smallest absolute Gasteiger partial charge is 0.259 e. The molecule has 1 aliphatic rings. The van der Waals surface area contributed by atoms with Gasteiger partial charge in [0, 0.05) is 12.7 Å². The minimum atomic E-state index is 0.249. The van der Waals surface area contributed by atoms with Crippen molar-refractivity contribution in [2.45, 2.75) is 50.1 Å². The van der Waals surface area contributed by atoms with Crippen molar-refractivity contribution >= 4 is 66.5 Å². The molecule has 2 heterocycles. The first-order valence-corrected chi connectivity index (χ1v) is 12.8. The molecule has 0 atom stereocenters. The third kappa shape index (κ3) is 5.39. The van der Waals surface area contributed by atoms with Crippen molar-refractivity contribution in [3.8, 4) is 0 Å². The molecule has 0 bridgehead atoms. The second-order valence-corrected chi connectivity index (χ2v) is 9.55. The summed E-state index contributed by atoms with van der Waals surface area (Å²) in [5.41, 5.74) is 2.57. The Balaban J connectivity index is 1.67. The van der Waals surface area contributed by atoms with Gasteiger partial charge in [-0.05, 0) is 49.6 Å². The van der Waals surface area contributed by atoms with Crippen LogP contribution in [0.25, 0.3) is 5.65 Å². The molecule has 2 radical (unpaired) electrons. The van der Waals surface area contributed by atoms with E-state index in [1.165, 1.54) is 17.3 Å². The summed E-state index contributed by atoms with van der Waals surface area (Å²) in [5.74, 6) is 1.42. The Morgan fingerprint density at radius 1 is 1.23 bits per heavy atom. The van der Waals surface area contributed by atoms with Crippen molar-refractivity contribution in [2.24, 2.45) is 5.92 Å². The molecule has 6 nitrogen and oxygen atoms in total. The molecule has 10 heteroatoms. The van der Waals surface area contributed by atoms with Gasteiger partial charge in [0.15, 0.2) is 10.8 Å². The van der Waals surface area contributed by atoms with E-state index >= 15 is 0 Å². The number of nitrogens with zero attached hydrogens (tertiary/aromatic N) is 5. The SMILES string of the molecule is [B]c1cnn2c(N(CC3CCC(OI)CC3)B(C)Cc3ccccc3)nc(SC)nc12. The Bertz CT molecular complexity index is 1000. The fourth-order valence-corrected chi connectivity index (χ4v) is 5.20. The highest BCUT2D eigenvalue weighted by molar-refractivity contribution is 14.1. The molecule has 1 fully saturated rings. The number of halogens is 1. The molecule has 160 valence electrons. The van der Waals surface area contributed by atoms with E-state index in [2.05, 4.69) is 52.0 Å². The van der Waals surface area contributed by atoms with E-state index in [9.17, 15) is 0 Å². The van der Waals surface area contributed by atoms with E-state index in [1.54, 1.807) is 10.7 Å². The Kier molecular flexibility index (Phi) is 7.81. The number of rotatable bonds is 8. The minimum Gasteiger partial charge on any atom is -0.384 e. The second-order valence-electron chi connectivity index (χ2n) is 8.27. The Morgan fingerprint density at radius 2 is 1.97 bits per heavy atom. The molecule has 1 aliphatic carbocycles. The minimum absolute atomic E-state index is 0.249. The molecule has 1 saturated carbocycles. The van der Waals surface area contributed by atoms with Crippen LogP contribution in [0.15, 0.2) is 41.7 Å². The lowest BCUT2D eigenvalue weighted by molar-refractivity contribution is 0.182. The van der Waals surface area contributed by atoms with Crippen molar-refractivity contribution in [2.75, 3.05) is 17.6 Å². The molecule has 4 rings (SSSR count). The highest BCUT2D eigenvalue weighted by Gasteiger charge is 2.29. The summed E-state index contributed by atoms with van der Waals surface area (Å²) in [6.07, 6.45) is 9.51. The summed E-state index contributed by atoms with van der Waals surface area (Å²) in [5, 5.41) is 5.23. The summed E-state index contributed by atoms with van der Waals surface area (Å²) >= 11 is 3.57. The average Bonchev–Trinajstić information content (AvgIpc) is 3.18. The second kappa shape index (κ2) is 10.6. The lowest BCUT2D eigenvalue weighted by atomic mass is 9.57. The van der Waals surface area contributed by atoms with Crippen molar-refractivity contribution in [3.05, 3.63) is 42.1 Å². The molecule has 0 amide bonds. The standard InChI is InChI=1S/C21H26B2IN5OS/c1-23(12-15-6-4-3-5-7-15)28(14-16-8-10-17(30-24)11-9-16)21-27-20(31-2)26-19-18(22)13-25-29(19)21/h3-7,13,16-17H,8-12,14H2,1-2H3. The van der Waals surface area contributed by atoms with Crippen molar-refractivity contribution in [1.82, 2.24) is 19.6 Å². The molecule has 0 aliphatic heterocycles. The fourth-order valence-electron chi connectivity index (χ4n) is 4.34. The van der Waals surface area contributed by atoms with Crippen LogP contribution >= 0.6 is 34.8 Å². The number of thioether (sulfide) groups is 1. The Labute approximate surface area is 204 Å². The van der Waals surface area contributed by atoms with E-state index in [0.29, 0.717) is 28.3 Å². The molecular weight excluding hydrogens is 519 g/mol. The zero-order valence-electron chi connectivity index (χ0n) is 17.9. The largest absolute Gasteiger partial charge is 0.384 e. The van der Waals surface area contributed by atoms with Crippen molar-refractivity contribution < 1.29 is 3.07 Å². The Hall–Kier alpha value is -1.26. The molecular formula is C21H26B2IN5OS. The summed E-state index contributed by atoms with van der Waals surface area (Å²) in [7, 11) is 6.17. The van der Waals surface area contributed by atoms with Gasteiger partial charge in [-0.2, -0.15) is 14.6 Å². The lowest BCUT2D eigenvalue weighted by Gasteiger charge is -2.35. The number of aromatic nitrogens is 4. The van der Waals surface area contributed by atoms with E-state index in [4.69, 9.17) is 15.9 Å². The maximum atomic E-state index is 6.17. The molecule has 0 unspecified atom stereocenters. The van der Waals surface area contributed by atoms with Gasteiger partial charge < -0.3 is 7.88 Å². The highest BCUT2D eigenvalue weighted by Crippen LogP contribution is 2.30. The third-order valence-electron chi connectivity index (χ3n) is 6.08. The first-order chi connectivity index (χ1) is 15.1. The molecule has 2 aromatic heterocycles. The summed E-state index contributed by atoms with van der Waals surface area (Å²) < 4.78 is 7.35. The van der Waals surface area contributed by atoms with Crippen molar-refractivity contribution in [1.29, 1.82) is 0 Å². The molecule has 0 N–H and O–H groups in total. The molecule has 0 spiro atoms. The van der Waals surface area contributed by atoms with E-state index in [-0.39, 0.29) is 6.85 Å². The van der Waals surface area contributed by atoms with Crippen LogP contribution in [-0.2, 0) is 9.39 Å². The van der Waals surface area contributed by atoms with Gasteiger partial charge in [0.25, 0.3) is 6.85 Å². The van der Waals surface area contributed by atoms with E-state index in [0.717, 1.165) is 44.5 Å². The van der Waals surface area contributed by atoms with Crippen LogP contribution in [0.5, 0.6) is 0 Å². The normalized spacial score (nSPS) is 18.9. The number of benzene rings is 1. The predicted molar refractivity (Wildman–Crippen MR) is 138 cm³/mol. The van der Waals surface area contributed by atoms with Crippen LogP contribution in [0.3, 0.4) is 0 Å². The number of fused-ring (bicyclic) bond motifs is 1. The summed E-state index contributed by atoms with van der Waals surface area (Å²) in [4.78, 5) is 11.9. The monoisotopic (exact) mass is 545 g/mol. The van der Waals surface area contributed by atoms with Crippen molar-refractivity contribution in [3.63, 3.8) is 0 Å². The number of hydrogen-bond acceptors (Lipinski definition) is 6. The van der Waals surface area contributed by atoms with Crippen LogP contribution in [0.4, 0.5) is 5.95 Å². The van der Waals surface area contributed by atoms with Gasteiger partial charge in [-0.15, -0.1) is 0 Å². The molecule has 31 heavy (non-hydrogen) atoms. The predicted octanol–water partition coefficient (Wildman–Crippen LogP) is 3.78. The topological polar surface area (TPSA) is 55.5 Å². The van der Waals surface area contributed by atoms with Crippen LogP contribution in [-0.4, -0.2) is 53.2 Å². The lowest BCUT2D eigenvalue weighted by Crippen LogP contribution is -2.45. The van der Waals surface area contributed by atoms with E-state index in [1.807, 2.05) is 29.3 Å². The number of hydrogen-bond donors (Lipinski definition) is 0. The fraction of sp³-hybridized carbons (Fsp3) is 0.476. The maximum Gasteiger partial charge on any atom is 0.259 e. The summed E-state index contributed by atoms with van der Waals surface area (Å²) in [6, 6.07) is 10.6. The third-order valence-corrected chi connectivity index (χ3v) is 7.34. The average molecular weight is 545 g/mol. The first-order valence-electron chi connectivity index (χ1n) is 10.7. The first kappa shape index (κ1) is 22.9. The van der Waals surface area contributed by atoms with Gasteiger partial charge in [0.2, 0.25) is 5.95 Å². The highest BCUT2D eigenvalue weighted by atomic mass is 127. The van der Waals surface area contributed by atoms with Gasteiger partial charge in [-0.3, -0.25) is 0 Å². The van der Waals surface area contributed by atoms with Crippen LogP contribution in [0, 0.1) is 5.92 Å². The van der Waals surface area contributed by atoms with Crippen LogP contribution < -0.4 is 10.3 Å². The van der Waals surface area contributed by atoms with Crippen LogP contribution in [0.2, 0.25) is 6.82 Å².